The number of hydrogen-bond donors (Lipinski definition) is 0. The van der Waals surface area contributed by atoms with Crippen LogP contribution in [0.5, 0.6) is 5.75 Å². The lowest BCUT2D eigenvalue weighted by Crippen LogP contribution is -2.05. The zero-order chi connectivity index (χ0) is 16.4. The molecule has 0 atom stereocenters. The number of fused-ring (bicyclic) bond motifs is 1. The maximum Gasteiger partial charge on any atom is 0.353 e. The van der Waals surface area contributed by atoms with Crippen LogP contribution in [0.15, 0.2) is 79.1 Å². The Kier molecular flexibility index (Phi) is 3.81. The molecule has 0 bridgehead atoms. The molecule has 4 heteroatoms. The molecule has 2 aromatic carbocycles. The molecule has 24 heavy (non-hydrogen) atoms. The Morgan fingerprint density at radius 2 is 1.67 bits per heavy atom. The summed E-state index contributed by atoms with van der Waals surface area (Å²) in [7, 11) is 0. The summed E-state index contributed by atoms with van der Waals surface area (Å²) in [6.07, 6.45) is 3.19. The van der Waals surface area contributed by atoms with Gasteiger partial charge in [0.15, 0.2) is 0 Å². The SMILES string of the molecule is O=C(Oc1ccncc1)c1ccc(-c2ccc3ccccc3c2)s1. The Balaban J connectivity index is 1.60. The minimum absolute atomic E-state index is 0.349. The van der Waals surface area contributed by atoms with E-state index < -0.39 is 0 Å². The average molecular weight is 331 g/mol. The number of hydrogen-bond acceptors (Lipinski definition) is 4. The van der Waals surface area contributed by atoms with Crippen LogP contribution in [0.25, 0.3) is 21.2 Å². The summed E-state index contributed by atoms with van der Waals surface area (Å²) in [5.41, 5.74) is 1.10. The zero-order valence-corrected chi connectivity index (χ0v) is 13.5. The molecule has 3 nitrogen and oxygen atoms in total. The highest BCUT2D eigenvalue weighted by Crippen LogP contribution is 2.31. The third kappa shape index (κ3) is 2.92. The van der Waals surface area contributed by atoms with Crippen molar-refractivity contribution in [1.29, 1.82) is 0 Å². The van der Waals surface area contributed by atoms with Crippen molar-refractivity contribution in [3.05, 3.63) is 84.0 Å². The molecule has 4 aromatic rings. The number of nitrogens with zero attached hydrogens (tertiary/aromatic N) is 1. The summed E-state index contributed by atoms with van der Waals surface area (Å²) in [4.78, 5) is 17.8. The molecule has 0 spiro atoms. The van der Waals surface area contributed by atoms with E-state index in [1.165, 1.54) is 22.1 Å². The molecule has 0 amide bonds. The van der Waals surface area contributed by atoms with E-state index in [1.807, 2.05) is 18.2 Å². The van der Waals surface area contributed by atoms with Gasteiger partial charge in [-0.3, -0.25) is 4.98 Å². The van der Waals surface area contributed by atoms with Gasteiger partial charge in [0.05, 0.1) is 0 Å². The molecule has 0 fully saturated rings. The van der Waals surface area contributed by atoms with E-state index in [1.54, 1.807) is 30.6 Å². The number of carbonyl (C=O) groups is 1. The van der Waals surface area contributed by atoms with Gasteiger partial charge in [-0.2, -0.15) is 0 Å². The predicted molar refractivity (Wildman–Crippen MR) is 96.5 cm³/mol. The molecule has 0 aliphatic rings. The molecule has 0 radical (unpaired) electrons. The highest BCUT2D eigenvalue weighted by molar-refractivity contribution is 7.17. The standard InChI is InChI=1S/C20H13NO2S/c22-20(23-17-9-11-21-12-10-17)19-8-7-18(24-19)16-6-5-14-3-1-2-4-15(14)13-16/h1-13H. The number of aromatic nitrogens is 1. The molecule has 2 aromatic heterocycles. The molecular weight excluding hydrogens is 318 g/mol. The first-order valence-electron chi connectivity index (χ1n) is 7.51. The van der Waals surface area contributed by atoms with Gasteiger partial charge in [0.25, 0.3) is 0 Å². The van der Waals surface area contributed by atoms with E-state index in [0.717, 1.165) is 10.4 Å². The van der Waals surface area contributed by atoms with Crippen LogP contribution in [-0.2, 0) is 0 Å². The van der Waals surface area contributed by atoms with Crippen LogP contribution in [0, 0.1) is 0 Å². The fourth-order valence-electron chi connectivity index (χ4n) is 2.51. The summed E-state index contributed by atoms with van der Waals surface area (Å²) in [5.74, 6) is 0.147. The third-order valence-electron chi connectivity index (χ3n) is 3.70. The summed E-state index contributed by atoms with van der Waals surface area (Å²) in [5, 5.41) is 2.39. The average Bonchev–Trinajstić information content (AvgIpc) is 3.12. The second-order valence-electron chi connectivity index (χ2n) is 5.30. The van der Waals surface area contributed by atoms with E-state index in [0.29, 0.717) is 10.6 Å². The minimum Gasteiger partial charge on any atom is -0.422 e. The van der Waals surface area contributed by atoms with Crippen molar-refractivity contribution < 1.29 is 9.53 Å². The predicted octanol–water partition coefficient (Wildman–Crippen LogP) is 5.18. The van der Waals surface area contributed by atoms with Gasteiger partial charge in [-0.25, -0.2) is 4.79 Å². The second-order valence-corrected chi connectivity index (χ2v) is 6.38. The molecule has 0 unspecified atom stereocenters. The third-order valence-corrected chi connectivity index (χ3v) is 4.82. The molecule has 0 N–H and O–H groups in total. The van der Waals surface area contributed by atoms with Gasteiger partial charge in [0.2, 0.25) is 0 Å². The van der Waals surface area contributed by atoms with E-state index in [9.17, 15) is 4.79 Å². The fourth-order valence-corrected chi connectivity index (χ4v) is 3.39. The maximum absolute atomic E-state index is 12.2. The Hall–Kier alpha value is -2.98. The molecular formula is C20H13NO2S. The number of carbonyl (C=O) groups excluding carboxylic acids is 1. The highest BCUT2D eigenvalue weighted by Gasteiger charge is 2.13. The van der Waals surface area contributed by atoms with Gasteiger partial charge in [-0.15, -0.1) is 11.3 Å². The highest BCUT2D eigenvalue weighted by atomic mass is 32.1. The monoisotopic (exact) mass is 331 g/mol. The number of thiophene rings is 1. The first-order valence-corrected chi connectivity index (χ1v) is 8.32. The Morgan fingerprint density at radius 3 is 2.50 bits per heavy atom. The van der Waals surface area contributed by atoms with Crippen molar-refractivity contribution >= 4 is 28.1 Å². The molecule has 0 aliphatic heterocycles. The lowest BCUT2D eigenvalue weighted by Gasteiger charge is -2.02. The quantitative estimate of drug-likeness (QED) is 0.485. The van der Waals surface area contributed by atoms with Crippen molar-refractivity contribution in [1.82, 2.24) is 4.98 Å². The van der Waals surface area contributed by atoms with E-state index in [2.05, 4.69) is 35.3 Å². The smallest absolute Gasteiger partial charge is 0.353 e. The molecule has 0 aliphatic carbocycles. The topological polar surface area (TPSA) is 39.2 Å². The van der Waals surface area contributed by atoms with Crippen LogP contribution in [0.2, 0.25) is 0 Å². The second kappa shape index (κ2) is 6.26. The van der Waals surface area contributed by atoms with Gasteiger partial charge < -0.3 is 4.74 Å². The maximum atomic E-state index is 12.2. The summed E-state index contributed by atoms with van der Waals surface area (Å²) in [6, 6.07) is 21.6. The van der Waals surface area contributed by atoms with Crippen molar-refractivity contribution in [2.75, 3.05) is 0 Å². The Morgan fingerprint density at radius 1 is 0.875 bits per heavy atom. The number of esters is 1. The van der Waals surface area contributed by atoms with Crippen LogP contribution in [-0.4, -0.2) is 11.0 Å². The van der Waals surface area contributed by atoms with Crippen LogP contribution >= 0.6 is 11.3 Å². The van der Waals surface area contributed by atoms with Crippen LogP contribution < -0.4 is 4.74 Å². The van der Waals surface area contributed by atoms with Crippen molar-refractivity contribution in [3.63, 3.8) is 0 Å². The van der Waals surface area contributed by atoms with Gasteiger partial charge >= 0.3 is 5.97 Å². The molecule has 0 saturated heterocycles. The van der Waals surface area contributed by atoms with Gasteiger partial charge in [0.1, 0.15) is 10.6 Å². The van der Waals surface area contributed by atoms with Gasteiger partial charge in [-0.1, -0.05) is 36.4 Å². The van der Waals surface area contributed by atoms with E-state index >= 15 is 0 Å². The first-order chi connectivity index (χ1) is 11.8. The summed E-state index contributed by atoms with van der Waals surface area (Å²) >= 11 is 1.43. The van der Waals surface area contributed by atoms with Crippen LogP contribution in [0.1, 0.15) is 9.67 Å². The molecule has 0 saturated carbocycles. The first kappa shape index (κ1) is 14.6. The fraction of sp³-hybridized carbons (Fsp3) is 0. The van der Waals surface area contributed by atoms with Crippen molar-refractivity contribution in [2.24, 2.45) is 0 Å². The van der Waals surface area contributed by atoms with Gasteiger partial charge in [0, 0.05) is 17.3 Å². The summed E-state index contributed by atoms with van der Waals surface area (Å²) < 4.78 is 5.35. The Bertz CT molecular complexity index is 1010. The van der Waals surface area contributed by atoms with E-state index in [-0.39, 0.29) is 5.97 Å². The normalized spacial score (nSPS) is 10.7. The molecule has 2 heterocycles. The number of pyridine rings is 1. The number of rotatable bonds is 3. The van der Waals surface area contributed by atoms with E-state index in [4.69, 9.17) is 4.74 Å². The van der Waals surface area contributed by atoms with Crippen LogP contribution in [0.4, 0.5) is 0 Å². The number of ether oxygens (including phenoxy) is 1. The molecule has 4 rings (SSSR count). The van der Waals surface area contributed by atoms with Gasteiger partial charge in [-0.05, 0) is 46.7 Å². The summed E-state index contributed by atoms with van der Waals surface area (Å²) in [6.45, 7) is 0. The zero-order valence-electron chi connectivity index (χ0n) is 12.7. The van der Waals surface area contributed by atoms with Crippen molar-refractivity contribution in [3.8, 4) is 16.2 Å². The van der Waals surface area contributed by atoms with Crippen LogP contribution in [0.3, 0.4) is 0 Å². The lowest BCUT2D eigenvalue weighted by atomic mass is 10.1. The Labute approximate surface area is 143 Å². The largest absolute Gasteiger partial charge is 0.422 e. The molecule has 116 valence electrons. The minimum atomic E-state index is -0.349. The lowest BCUT2D eigenvalue weighted by molar-refractivity contribution is 0.0739. The van der Waals surface area contributed by atoms with Crippen molar-refractivity contribution in [2.45, 2.75) is 0 Å². The number of benzene rings is 2.